The zero-order valence-corrected chi connectivity index (χ0v) is 31.1. The summed E-state index contributed by atoms with van der Waals surface area (Å²) in [5.41, 5.74) is 4.67. The Morgan fingerprint density at radius 3 is 2.32 bits per heavy atom. The number of aliphatic hydroxyl groups is 5. The number of aliphatic hydroxyl groups excluding tert-OH is 5. The second-order valence-electron chi connectivity index (χ2n) is 14.0. The summed E-state index contributed by atoms with van der Waals surface area (Å²) in [5, 5.41) is 63.4. The average molecular weight is 775 g/mol. The largest absolute Gasteiger partial charge is 0.490 e. The predicted molar refractivity (Wildman–Crippen MR) is 200 cm³/mol. The molecule has 2 saturated carbocycles. The van der Waals surface area contributed by atoms with Gasteiger partial charge in [-0.25, -0.2) is 0 Å². The zero-order chi connectivity index (χ0) is 38.1. The minimum Gasteiger partial charge on any atom is -0.490 e. The van der Waals surface area contributed by atoms with E-state index in [4.69, 9.17) is 38.2 Å². The number of aryl methyl sites for hydroxylation is 1. The molecule has 3 aromatic rings. The maximum absolute atomic E-state index is 13.0. The summed E-state index contributed by atoms with van der Waals surface area (Å²) in [5.74, 6) is -0.579. The molecular weight excluding hydrogens is 725 g/mol. The monoisotopic (exact) mass is 773 g/mol. The molecule has 0 aliphatic heterocycles. The van der Waals surface area contributed by atoms with Crippen molar-refractivity contribution < 1.29 is 45.0 Å². The van der Waals surface area contributed by atoms with Crippen LogP contribution < -0.4 is 10.1 Å². The van der Waals surface area contributed by atoms with Gasteiger partial charge in [0.15, 0.2) is 0 Å². The van der Waals surface area contributed by atoms with Crippen molar-refractivity contribution in [2.75, 3.05) is 19.7 Å². The zero-order valence-electron chi connectivity index (χ0n) is 29.5. The molecule has 53 heavy (non-hydrogen) atoms. The molecule has 1 amide bonds. The Morgan fingerprint density at radius 1 is 0.925 bits per heavy atom. The van der Waals surface area contributed by atoms with E-state index in [0.717, 1.165) is 59.3 Å². The van der Waals surface area contributed by atoms with Crippen LogP contribution in [0.2, 0.25) is 10.0 Å². The number of hydrogen-bond acceptors (Lipinski definition) is 10. The van der Waals surface area contributed by atoms with E-state index in [-0.39, 0.29) is 44.0 Å². The number of nitrogens with zero attached hydrogens (tertiary/aromatic N) is 2. The van der Waals surface area contributed by atoms with Crippen molar-refractivity contribution in [1.29, 1.82) is 0 Å². The fourth-order valence-corrected chi connectivity index (χ4v) is 6.97. The van der Waals surface area contributed by atoms with Crippen LogP contribution in [0, 0.1) is 0 Å². The Kier molecular flexibility index (Phi) is 14.5. The normalized spacial score (nSPS) is 17.1. The smallest absolute Gasteiger partial charge is 0.303 e. The maximum Gasteiger partial charge on any atom is 0.303 e. The van der Waals surface area contributed by atoms with Crippen LogP contribution in [0.4, 0.5) is 0 Å². The minimum atomic E-state index is -1.83. The van der Waals surface area contributed by atoms with E-state index in [1.54, 1.807) is 0 Å². The first-order valence-electron chi connectivity index (χ1n) is 18.2. The van der Waals surface area contributed by atoms with Crippen molar-refractivity contribution in [3.8, 4) is 16.9 Å². The number of carboxylic acid groups (broad SMARTS) is 1. The van der Waals surface area contributed by atoms with E-state index in [1.165, 1.54) is 4.90 Å². The van der Waals surface area contributed by atoms with Crippen LogP contribution in [-0.2, 0) is 28.1 Å². The van der Waals surface area contributed by atoms with Crippen molar-refractivity contribution >= 4 is 35.1 Å². The average Bonchev–Trinajstić information content (AvgIpc) is 4.10. The molecule has 1 unspecified atom stereocenters. The van der Waals surface area contributed by atoms with E-state index in [1.807, 2.05) is 48.8 Å². The Labute approximate surface area is 319 Å². The molecule has 288 valence electrons. The van der Waals surface area contributed by atoms with Gasteiger partial charge in [0, 0.05) is 66.0 Å². The van der Waals surface area contributed by atoms with Crippen LogP contribution in [-0.4, -0.2) is 103 Å². The molecule has 4 atom stereocenters. The number of pyridine rings is 1. The van der Waals surface area contributed by atoms with Gasteiger partial charge in [-0.15, -0.1) is 0 Å². The molecule has 7 N–H and O–H groups in total. The van der Waals surface area contributed by atoms with Crippen LogP contribution in [0.1, 0.15) is 74.5 Å². The molecule has 12 nitrogen and oxygen atoms in total. The summed E-state index contributed by atoms with van der Waals surface area (Å²) in [7, 11) is 0. The van der Waals surface area contributed by atoms with Crippen molar-refractivity contribution in [2.45, 2.75) is 107 Å². The molecule has 0 radical (unpaired) electrons. The van der Waals surface area contributed by atoms with Gasteiger partial charge < -0.3 is 45.6 Å². The molecule has 5 rings (SSSR count). The molecular formula is C39H49Cl2N3O9. The lowest BCUT2D eigenvalue weighted by Crippen LogP contribution is -2.50. The van der Waals surface area contributed by atoms with E-state index in [9.17, 15) is 30.0 Å². The highest BCUT2D eigenvalue weighted by Crippen LogP contribution is 2.50. The third kappa shape index (κ3) is 11.1. The lowest BCUT2D eigenvalue weighted by molar-refractivity contribution is -0.140. The predicted octanol–water partition coefficient (Wildman–Crippen LogP) is 4.22. The van der Waals surface area contributed by atoms with E-state index >= 15 is 0 Å². The first kappa shape index (κ1) is 40.8. The maximum atomic E-state index is 13.0. The summed E-state index contributed by atoms with van der Waals surface area (Å²) < 4.78 is 6.24. The molecule has 2 aliphatic rings. The van der Waals surface area contributed by atoms with Crippen molar-refractivity contribution in [3.63, 3.8) is 0 Å². The van der Waals surface area contributed by atoms with Crippen LogP contribution >= 0.6 is 23.2 Å². The van der Waals surface area contributed by atoms with Crippen molar-refractivity contribution in [3.05, 3.63) is 81.6 Å². The first-order chi connectivity index (χ1) is 25.4. The van der Waals surface area contributed by atoms with Gasteiger partial charge >= 0.3 is 5.97 Å². The quantitative estimate of drug-likeness (QED) is 0.0724. The van der Waals surface area contributed by atoms with Crippen LogP contribution in [0.5, 0.6) is 5.75 Å². The Balaban J connectivity index is 1.18. The van der Waals surface area contributed by atoms with Crippen molar-refractivity contribution in [1.82, 2.24) is 15.2 Å². The standard InChI is InChI=1S/C39H49Cl2N3O9/c40-30-19-25(20-43-39(14-15-39)29-21-42-16-13-27(29)28-7-1-2-8-34(28)53-26-11-12-26)31(41)18-24(30)6-3-4-17-44(35(48)9-5-10-36(49)50)22-32(46)37(51)38(52)33(47)23-45/h1-2,7-8,13,16,18-19,21,26,32-33,37-38,43,45-47,51-52H,3-6,9-12,14-15,17,20,22-23H2,(H,49,50)/t32-,33?,37+,38+/m0/s1. The topological polar surface area (TPSA) is 193 Å². The number of aliphatic carboxylic acids is 1. The fourth-order valence-electron chi connectivity index (χ4n) is 6.44. The third-order valence-electron chi connectivity index (χ3n) is 9.91. The van der Waals surface area contributed by atoms with Crippen LogP contribution in [0.3, 0.4) is 0 Å². The number of unbranched alkanes of at least 4 members (excludes halogenated alkanes) is 1. The number of hydrogen-bond donors (Lipinski definition) is 7. The number of aromatic nitrogens is 1. The minimum absolute atomic E-state index is 0.0840. The molecule has 2 fully saturated rings. The molecule has 0 bridgehead atoms. The number of ether oxygens (including phenoxy) is 1. The molecule has 1 aromatic heterocycles. The molecule has 2 aliphatic carbocycles. The molecule has 1 heterocycles. The Bertz CT molecular complexity index is 1700. The summed E-state index contributed by atoms with van der Waals surface area (Å²) in [6.07, 6.45) is 2.53. The second kappa shape index (κ2) is 18.8. The molecule has 2 aromatic carbocycles. The number of para-hydroxylation sites is 1. The third-order valence-corrected chi connectivity index (χ3v) is 10.6. The van der Waals surface area contributed by atoms with Crippen molar-refractivity contribution in [2.24, 2.45) is 0 Å². The van der Waals surface area contributed by atoms with E-state index < -0.39 is 42.9 Å². The highest BCUT2D eigenvalue weighted by atomic mass is 35.5. The van der Waals surface area contributed by atoms with Gasteiger partial charge in [0.2, 0.25) is 5.91 Å². The van der Waals surface area contributed by atoms with Crippen LogP contribution in [0.15, 0.2) is 54.9 Å². The number of carbonyl (C=O) groups is 2. The molecule has 0 spiro atoms. The van der Waals surface area contributed by atoms with Gasteiger partial charge in [0.05, 0.1) is 12.7 Å². The van der Waals surface area contributed by atoms with Gasteiger partial charge in [-0.3, -0.25) is 14.6 Å². The van der Waals surface area contributed by atoms with E-state index in [0.29, 0.717) is 35.9 Å². The number of carboxylic acids is 1. The lowest BCUT2D eigenvalue weighted by atomic mass is 9.94. The number of rotatable bonds is 22. The molecule has 0 saturated heterocycles. The highest BCUT2D eigenvalue weighted by Gasteiger charge is 2.46. The summed E-state index contributed by atoms with van der Waals surface area (Å²) >= 11 is 13.5. The Hall–Kier alpha value is -3.33. The van der Waals surface area contributed by atoms with Gasteiger partial charge in [0.25, 0.3) is 0 Å². The number of nitrogens with one attached hydrogen (secondary N) is 1. The number of benzene rings is 2. The summed E-state index contributed by atoms with van der Waals surface area (Å²) in [6.45, 7) is -0.521. The van der Waals surface area contributed by atoms with Gasteiger partial charge in [0.1, 0.15) is 30.2 Å². The van der Waals surface area contributed by atoms with Gasteiger partial charge in [-0.1, -0.05) is 41.4 Å². The summed E-state index contributed by atoms with van der Waals surface area (Å²) in [6, 6.07) is 13.9. The number of halogens is 2. The second-order valence-corrected chi connectivity index (χ2v) is 14.9. The van der Waals surface area contributed by atoms with Gasteiger partial charge in [-0.05, 0) is 97.9 Å². The lowest BCUT2D eigenvalue weighted by Gasteiger charge is -2.30. The summed E-state index contributed by atoms with van der Waals surface area (Å²) in [4.78, 5) is 29.7. The van der Waals surface area contributed by atoms with Crippen LogP contribution in [0.25, 0.3) is 11.1 Å². The first-order valence-corrected chi connectivity index (χ1v) is 18.9. The highest BCUT2D eigenvalue weighted by molar-refractivity contribution is 6.34. The number of carbonyl (C=O) groups excluding carboxylic acids is 1. The number of amides is 1. The Morgan fingerprint density at radius 2 is 1.62 bits per heavy atom. The fraction of sp³-hybridized carbons (Fsp3) is 0.513. The SMILES string of the molecule is O=C(O)CCCC(=O)N(CCCCc1cc(Cl)c(CNC2(c3cnccc3-c3ccccc3OC3CC3)CC2)cc1Cl)C[C@H](O)[C@@H](O)[C@H](O)C(O)CO. The van der Waals surface area contributed by atoms with E-state index in [2.05, 4.69) is 16.4 Å². The molecule has 14 heteroatoms. The van der Waals surface area contributed by atoms with Gasteiger partial charge in [-0.2, -0.15) is 0 Å².